The van der Waals surface area contributed by atoms with Gasteiger partial charge in [-0.3, -0.25) is 4.79 Å². The number of anilines is 3. The van der Waals surface area contributed by atoms with Crippen LogP contribution in [0, 0.1) is 0 Å². The van der Waals surface area contributed by atoms with Gasteiger partial charge in [0.15, 0.2) is 0 Å². The van der Waals surface area contributed by atoms with Crippen molar-refractivity contribution in [1.29, 1.82) is 0 Å². The van der Waals surface area contributed by atoms with Crippen LogP contribution in [0.5, 0.6) is 0 Å². The third-order valence-corrected chi connectivity index (χ3v) is 4.14. The Bertz CT molecular complexity index is 815. The number of carbonyl (C=O) groups excluding carboxylic acids is 1. The number of primary amides is 1. The maximum atomic E-state index is 11.3. The predicted molar refractivity (Wildman–Crippen MR) is 84.9 cm³/mol. The van der Waals surface area contributed by atoms with Crippen molar-refractivity contribution in [1.82, 2.24) is 9.97 Å². The molecule has 0 spiro atoms. The summed E-state index contributed by atoms with van der Waals surface area (Å²) in [4.78, 5) is 22.8. The minimum atomic E-state index is -0.482. The maximum Gasteiger partial charge on any atom is 0.258 e. The molecule has 21 heavy (non-hydrogen) atoms. The SMILES string of the molecule is CN(c1ccccc1)c1nc(N)nc2sc(C(N)=O)cc12. The summed E-state index contributed by atoms with van der Waals surface area (Å²) in [6, 6.07) is 11.5. The predicted octanol–water partition coefficient (Wildman–Crippen LogP) is 2.14. The number of nitrogens with two attached hydrogens (primary N) is 2. The molecule has 1 aromatic carbocycles. The number of fused-ring (bicyclic) bond motifs is 1. The summed E-state index contributed by atoms with van der Waals surface area (Å²) in [5.74, 6) is 0.329. The third-order valence-electron chi connectivity index (χ3n) is 3.09. The first-order valence-electron chi connectivity index (χ1n) is 6.22. The fraction of sp³-hybridized carbons (Fsp3) is 0.0714. The van der Waals surface area contributed by atoms with Crippen LogP contribution in [-0.2, 0) is 0 Å². The van der Waals surface area contributed by atoms with E-state index in [9.17, 15) is 4.79 Å². The van der Waals surface area contributed by atoms with Crippen molar-refractivity contribution in [2.45, 2.75) is 0 Å². The Kier molecular flexibility index (Phi) is 3.19. The molecule has 0 bridgehead atoms. The molecule has 0 atom stereocenters. The Labute approximate surface area is 125 Å². The molecule has 2 heterocycles. The number of amides is 1. The van der Waals surface area contributed by atoms with E-state index in [2.05, 4.69) is 9.97 Å². The zero-order valence-corrected chi connectivity index (χ0v) is 12.1. The van der Waals surface area contributed by atoms with Crippen LogP contribution < -0.4 is 16.4 Å². The minimum absolute atomic E-state index is 0.165. The van der Waals surface area contributed by atoms with Gasteiger partial charge in [-0.05, 0) is 18.2 Å². The third kappa shape index (κ3) is 2.38. The second-order valence-electron chi connectivity index (χ2n) is 4.49. The number of aromatic nitrogens is 2. The first-order chi connectivity index (χ1) is 10.1. The van der Waals surface area contributed by atoms with Gasteiger partial charge in [0.1, 0.15) is 10.6 Å². The Morgan fingerprint density at radius 3 is 2.62 bits per heavy atom. The summed E-state index contributed by atoms with van der Waals surface area (Å²) in [6.07, 6.45) is 0. The van der Waals surface area contributed by atoms with E-state index in [1.54, 1.807) is 6.07 Å². The van der Waals surface area contributed by atoms with Gasteiger partial charge in [-0.15, -0.1) is 11.3 Å². The van der Waals surface area contributed by atoms with Crippen molar-refractivity contribution < 1.29 is 4.79 Å². The van der Waals surface area contributed by atoms with Gasteiger partial charge in [-0.2, -0.15) is 4.98 Å². The van der Waals surface area contributed by atoms with Crippen molar-refractivity contribution in [2.75, 3.05) is 17.7 Å². The van der Waals surface area contributed by atoms with Crippen molar-refractivity contribution in [2.24, 2.45) is 5.73 Å². The van der Waals surface area contributed by atoms with Crippen LogP contribution in [0.2, 0.25) is 0 Å². The van der Waals surface area contributed by atoms with Gasteiger partial charge in [0.25, 0.3) is 5.91 Å². The van der Waals surface area contributed by atoms with E-state index in [1.165, 1.54) is 11.3 Å². The summed E-state index contributed by atoms with van der Waals surface area (Å²) in [7, 11) is 1.89. The molecule has 0 saturated heterocycles. The topological polar surface area (TPSA) is 98.1 Å². The lowest BCUT2D eigenvalue weighted by molar-refractivity contribution is 0.100. The highest BCUT2D eigenvalue weighted by Gasteiger charge is 2.16. The Morgan fingerprint density at radius 2 is 1.95 bits per heavy atom. The van der Waals surface area contributed by atoms with E-state index < -0.39 is 5.91 Å². The number of thiophene rings is 1. The van der Waals surface area contributed by atoms with Gasteiger partial charge in [-0.1, -0.05) is 18.2 Å². The molecular weight excluding hydrogens is 286 g/mol. The summed E-state index contributed by atoms with van der Waals surface area (Å²) in [5.41, 5.74) is 12.1. The Morgan fingerprint density at radius 1 is 1.24 bits per heavy atom. The number of nitrogens with zero attached hydrogens (tertiary/aromatic N) is 3. The van der Waals surface area contributed by atoms with Crippen LogP contribution in [0.25, 0.3) is 10.2 Å². The molecule has 106 valence electrons. The number of rotatable bonds is 3. The molecule has 3 aromatic rings. The van der Waals surface area contributed by atoms with Crippen molar-refractivity contribution in [3.05, 3.63) is 41.3 Å². The maximum absolute atomic E-state index is 11.3. The lowest BCUT2D eigenvalue weighted by Gasteiger charge is -2.19. The van der Waals surface area contributed by atoms with Crippen LogP contribution in [0.15, 0.2) is 36.4 Å². The number of carbonyl (C=O) groups is 1. The Balaban J connectivity index is 2.19. The molecule has 0 fully saturated rings. The number of hydrogen-bond donors (Lipinski definition) is 2. The second-order valence-corrected chi connectivity index (χ2v) is 5.52. The molecule has 0 saturated carbocycles. The fourth-order valence-electron chi connectivity index (χ4n) is 2.07. The monoisotopic (exact) mass is 299 g/mol. The Hall–Kier alpha value is -2.67. The number of benzene rings is 1. The number of nitrogen functional groups attached to an aromatic ring is 1. The standard InChI is InChI=1S/C14H13N5OS/c1-19(8-5-3-2-4-6-8)12-9-7-10(11(15)20)21-13(9)18-14(16)17-12/h2-7H,1H3,(H2,15,20)(H2,16,17,18). The molecule has 0 aliphatic carbocycles. The van der Waals surface area contributed by atoms with Gasteiger partial charge in [-0.25, -0.2) is 4.98 Å². The van der Waals surface area contributed by atoms with E-state index in [0.717, 1.165) is 11.1 Å². The molecule has 0 aliphatic rings. The molecule has 0 aliphatic heterocycles. The van der Waals surface area contributed by atoms with Crippen molar-refractivity contribution >= 4 is 44.9 Å². The molecule has 6 nitrogen and oxygen atoms in total. The largest absolute Gasteiger partial charge is 0.368 e. The van der Waals surface area contributed by atoms with Gasteiger partial charge in [0, 0.05) is 12.7 Å². The van der Waals surface area contributed by atoms with E-state index in [-0.39, 0.29) is 5.95 Å². The van der Waals surface area contributed by atoms with Crippen molar-refractivity contribution in [3.63, 3.8) is 0 Å². The van der Waals surface area contributed by atoms with Crippen molar-refractivity contribution in [3.8, 4) is 0 Å². The second kappa shape index (κ2) is 5.02. The summed E-state index contributed by atoms with van der Waals surface area (Å²) in [6.45, 7) is 0. The number of hydrogen-bond acceptors (Lipinski definition) is 6. The average Bonchev–Trinajstić information content (AvgIpc) is 2.90. The summed E-state index contributed by atoms with van der Waals surface area (Å²) in [5, 5.41) is 0.759. The number of para-hydroxylation sites is 1. The van der Waals surface area contributed by atoms with Crippen LogP contribution in [-0.4, -0.2) is 22.9 Å². The quantitative estimate of drug-likeness (QED) is 0.772. The lowest BCUT2D eigenvalue weighted by Crippen LogP contribution is -2.13. The molecule has 2 aromatic heterocycles. The fourth-order valence-corrected chi connectivity index (χ4v) is 2.96. The molecule has 1 amide bonds. The highest BCUT2D eigenvalue weighted by molar-refractivity contribution is 7.20. The minimum Gasteiger partial charge on any atom is -0.368 e. The van der Waals surface area contributed by atoms with Crippen LogP contribution >= 0.6 is 11.3 Å². The highest BCUT2D eigenvalue weighted by atomic mass is 32.1. The van der Waals surface area contributed by atoms with Gasteiger partial charge in [0.05, 0.1) is 10.3 Å². The van der Waals surface area contributed by atoms with E-state index in [0.29, 0.717) is 15.5 Å². The van der Waals surface area contributed by atoms with Gasteiger partial charge >= 0.3 is 0 Å². The zero-order valence-electron chi connectivity index (χ0n) is 11.3. The lowest BCUT2D eigenvalue weighted by atomic mass is 10.2. The first-order valence-corrected chi connectivity index (χ1v) is 7.03. The average molecular weight is 299 g/mol. The zero-order chi connectivity index (χ0) is 15.0. The van der Waals surface area contributed by atoms with Gasteiger partial charge < -0.3 is 16.4 Å². The molecule has 0 radical (unpaired) electrons. The van der Waals surface area contributed by atoms with Crippen LogP contribution in [0.1, 0.15) is 9.67 Å². The smallest absolute Gasteiger partial charge is 0.258 e. The normalized spacial score (nSPS) is 10.7. The van der Waals surface area contributed by atoms with Crippen LogP contribution in [0.3, 0.4) is 0 Å². The molecule has 3 rings (SSSR count). The molecular formula is C14H13N5OS. The van der Waals surface area contributed by atoms with E-state index >= 15 is 0 Å². The molecule has 4 N–H and O–H groups in total. The summed E-state index contributed by atoms with van der Waals surface area (Å²) < 4.78 is 0. The molecule has 7 heteroatoms. The van der Waals surface area contributed by atoms with E-state index in [4.69, 9.17) is 11.5 Å². The molecule has 0 unspecified atom stereocenters. The van der Waals surface area contributed by atoms with Gasteiger partial charge in [0.2, 0.25) is 5.95 Å². The highest BCUT2D eigenvalue weighted by Crippen LogP contribution is 2.33. The first kappa shape index (κ1) is 13.3. The van der Waals surface area contributed by atoms with Crippen LogP contribution in [0.4, 0.5) is 17.5 Å². The summed E-state index contributed by atoms with van der Waals surface area (Å²) >= 11 is 1.21. The van der Waals surface area contributed by atoms with E-state index in [1.807, 2.05) is 42.3 Å².